The van der Waals surface area contributed by atoms with Gasteiger partial charge in [0.25, 0.3) is 5.91 Å². The van der Waals surface area contributed by atoms with Gasteiger partial charge in [-0.05, 0) is 43.3 Å². The van der Waals surface area contributed by atoms with Gasteiger partial charge in [0.05, 0.1) is 30.8 Å². The highest BCUT2D eigenvalue weighted by atomic mass is 79.9. The third-order valence-corrected chi connectivity index (χ3v) is 5.45. The molecule has 146 valence electrons. The fourth-order valence-electron chi connectivity index (χ4n) is 3.52. The minimum absolute atomic E-state index is 0.135. The molecular weight excluding hydrogens is 420 g/mol. The van der Waals surface area contributed by atoms with Crippen molar-refractivity contribution >= 4 is 38.6 Å². The van der Waals surface area contributed by atoms with E-state index in [0.717, 1.165) is 66.4 Å². The smallest absolute Gasteiger partial charge is 0.255 e. The average Bonchev–Trinajstić information content (AvgIpc) is 3.04. The van der Waals surface area contributed by atoms with Crippen molar-refractivity contribution in [2.24, 2.45) is 0 Å². The summed E-state index contributed by atoms with van der Waals surface area (Å²) >= 11 is 3.40. The molecule has 2 heterocycles. The number of nitrogens with one attached hydrogen (secondary N) is 1. The predicted molar refractivity (Wildman–Crippen MR) is 114 cm³/mol. The van der Waals surface area contributed by atoms with Crippen LogP contribution in [0.1, 0.15) is 23.1 Å². The number of halogens is 1. The minimum atomic E-state index is -0.135. The van der Waals surface area contributed by atoms with Crippen LogP contribution in [0, 0.1) is 0 Å². The highest BCUT2D eigenvalue weighted by molar-refractivity contribution is 9.10. The Labute approximate surface area is 172 Å². The number of benzene rings is 2. The summed E-state index contributed by atoms with van der Waals surface area (Å²) in [6.45, 7) is 7.22. The molecule has 1 aliphatic rings. The van der Waals surface area contributed by atoms with E-state index in [9.17, 15) is 4.79 Å². The van der Waals surface area contributed by atoms with Gasteiger partial charge in [0.15, 0.2) is 0 Å². The third-order valence-electron chi connectivity index (χ3n) is 4.96. The van der Waals surface area contributed by atoms with Crippen LogP contribution >= 0.6 is 15.9 Å². The molecule has 1 saturated heterocycles. The van der Waals surface area contributed by atoms with Crippen LogP contribution in [-0.4, -0.2) is 46.7 Å². The van der Waals surface area contributed by atoms with E-state index in [0.29, 0.717) is 5.56 Å². The second-order valence-electron chi connectivity index (χ2n) is 6.83. The molecule has 1 amide bonds. The molecule has 28 heavy (non-hydrogen) atoms. The van der Waals surface area contributed by atoms with Crippen molar-refractivity contribution in [3.05, 3.63) is 58.3 Å². The number of amides is 1. The highest BCUT2D eigenvalue weighted by Crippen LogP contribution is 2.22. The standard InChI is InChI=1S/C21H23BrN4O2/c1-2-26-19-7-6-17(23-21(27)15-4-3-5-16(22)12-15)13-18(19)24-20(26)14-25-8-10-28-11-9-25/h3-7,12-13H,2,8-11,14H2,1H3,(H,23,27). The van der Waals surface area contributed by atoms with Crippen LogP contribution in [0.2, 0.25) is 0 Å². The lowest BCUT2D eigenvalue weighted by molar-refractivity contribution is 0.0327. The van der Waals surface area contributed by atoms with Crippen LogP contribution < -0.4 is 5.32 Å². The molecule has 1 aromatic heterocycles. The third kappa shape index (κ3) is 4.11. The molecule has 1 fully saturated rings. The number of fused-ring (bicyclic) bond motifs is 1. The van der Waals surface area contributed by atoms with Crippen molar-refractivity contribution in [1.29, 1.82) is 0 Å². The fourth-order valence-corrected chi connectivity index (χ4v) is 3.92. The summed E-state index contributed by atoms with van der Waals surface area (Å²) < 4.78 is 8.56. The molecule has 0 aliphatic carbocycles. The fraction of sp³-hybridized carbons (Fsp3) is 0.333. The summed E-state index contributed by atoms with van der Waals surface area (Å²) in [5.74, 6) is 0.916. The van der Waals surface area contributed by atoms with E-state index in [1.165, 1.54) is 0 Å². The number of aryl methyl sites for hydroxylation is 1. The molecule has 4 rings (SSSR count). The van der Waals surface area contributed by atoms with Crippen LogP contribution in [0.4, 0.5) is 5.69 Å². The van der Waals surface area contributed by atoms with Crippen LogP contribution in [0.3, 0.4) is 0 Å². The van der Waals surface area contributed by atoms with E-state index in [2.05, 4.69) is 37.6 Å². The molecule has 0 spiro atoms. The van der Waals surface area contributed by atoms with Gasteiger partial charge in [-0.25, -0.2) is 4.98 Å². The summed E-state index contributed by atoms with van der Waals surface area (Å²) in [4.78, 5) is 19.7. The Morgan fingerprint density at radius 3 is 2.79 bits per heavy atom. The van der Waals surface area contributed by atoms with Gasteiger partial charge in [-0.3, -0.25) is 9.69 Å². The van der Waals surface area contributed by atoms with Crippen LogP contribution in [0.15, 0.2) is 46.9 Å². The molecule has 6 nitrogen and oxygen atoms in total. The Hall–Kier alpha value is -2.22. The van der Waals surface area contributed by atoms with Crippen LogP contribution in [0.25, 0.3) is 11.0 Å². The quantitative estimate of drug-likeness (QED) is 0.650. The topological polar surface area (TPSA) is 59.4 Å². The Bertz CT molecular complexity index is 995. The molecular formula is C21H23BrN4O2. The van der Waals surface area contributed by atoms with Crippen molar-refractivity contribution < 1.29 is 9.53 Å². The molecule has 1 aliphatic heterocycles. The molecule has 0 radical (unpaired) electrons. The van der Waals surface area contributed by atoms with Gasteiger partial charge in [0, 0.05) is 35.4 Å². The normalized spacial score (nSPS) is 15.1. The molecule has 0 unspecified atom stereocenters. The molecule has 2 aromatic carbocycles. The first kappa shape index (κ1) is 19.1. The number of carbonyl (C=O) groups is 1. The second kappa shape index (κ2) is 8.43. The van der Waals surface area contributed by atoms with Gasteiger partial charge < -0.3 is 14.6 Å². The zero-order valence-corrected chi connectivity index (χ0v) is 17.4. The second-order valence-corrected chi connectivity index (χ2v) is 7.74. The van der Waals surface area contributed by atoms with Crippen molar-refractivity contribution in [3.8, 4) is 0 Å². The number of nitrogens with zero attached hydrogens (tertiary/aromatic N) is 3. The van der Waals surface area contributed by atoms with Crippen LogP contribution in [-0.2, 0) is 17.8 Å². The lowest BCUT2D eigenvalue weighted by Crippen LogP contribution is -2.36. The van der Waals surface area contributed by atoms with Gasteiger partial charge in [0.1, 0.15) is 5.82 Å². The number of ether oxygens (including phenoxy) is 1. The molecule has 0 bridgehead atoms. The summed E-state index contributed by atoms with van der Waals surface area (Å²) in [6.07, 6.45) is 0. The summed E-state index contributed by atoms with van der Waals surface area (Å²) in [5.41, 5.74) is 3.35. The van der Waals surface area contributed by atoms with E-state index in [-0.39, 0.29) is 5.91 Å². The number of rotatable bonds is 5. The molecule has 3 aromatic rings. The maximum Gasteiger partial charge on any atom is 0.255 e. The Kier molecular flexibility index (Phi) is 5.75. The number of aromatic nitrogens is 2. The van der Waals surface area contributed by atoms with Gasteiger partial charge in [-0.2, -0.15) is 0 Å². The molecule has 0 saturated carbocycles. The Morgan fingerprint density at radius 1 is 1.21 bits per heavy atom. The van der Waals surface area contributed by atoms with E-state index < -0.39 is 0 Å². The maximum atomic E-state index is 12.5. The van der Waals surface area contributed by atoms with Crippen molar-refractivity contribution in [2.75, 3.05) is 31.6 Å². The first-order chi connectivity index (χ1) is 13.6. The number of imidazole rings is 1. The zero-order valence-electron chi connectivity index (χ0n) is 15.8. The lowest BCUT2D eigenvalue weighted by atomic mass is 10.2. The van der Waals surface area contributed by atoms with E-state index >= 15 is 0 Å². The number of anilines is 1. The molecule has 0 atom stereocenters. The van der Waals surface area contributed by atoms with Gasteiger partial charge >= 0.3 is 0 Å². The highest BCUT2D eigenvalue weighted by Gasteiger charge is 2.16. The first-order valence-corrected chi connectivity index (χ1v) is 10.3. The SMILES string of the molecule is CCn1c(CN2CCOCC2)nc2cc(NC(=O)c3cccc(Br)c3)ccc21. The minimum Gasteiger partial charge on any atom is -0.379 e. The largest absolute Gasteiger partial charge is 0.379 e. The Balaban J connectivity index is 1.57. The van der Waals surface area contributed by atoms with E-state index in [4.69, 9.17) is 9.72 Å². The zero-order chi connectivity index (χ0) is 19.5. The van der Waals surface area contributed by atoms with E-state index in [1.807, 2.05) is 30.3 Å². The van der Waals surface area contributed by atoms with Gasteiger partial charge in [-0.1, -0.05) is 22.0 Å². The monoisotopic (exact) mass is 442 g/mol. The summed E-state index contributed by atoms with van der Waals surface area (Å²) in [7, 11) is 0. The van der Waals surface area contributed by atoms with Crippen LogP contribution in [0.5, 0.6) is 0 Å². The average molecular weight is 443 g/mol. The first-order valence-electron chi connectivity index (χ1n) is 9.50. The van der Waals surface area contributed by atoms with Gasteiger partial charge in [-0.15, -0.1) is 0 Å². The van der Waals surface area contributed by atoms with E-state index in [1.54, 1.807) is 12.1 Å². The maximum absolute atomic E-state index is 12.5. The van der Waals surface area contributed by atoms with Crippen molar-refractivity contribution in [3.63, 3.8) is 0 Å². The number of hydrogen-bond acceptors (Lipinski definition) is 4. The summed E-state index contributed by atoms with van der Waals surface area (Å²) in [5, 5.41) is 2.97. The summed E-state index contributed by atoms with van der Waals surface area (Å²) in [6, 6.07) is 13.3. The lowest BCUT2D eigenvalue weighted by Gasteiger charge is -2.26. The van der Waals surface area contributed by atoms with Crippen molar-refractivity contribution in [1.82, 2.24) is 14.5 Å². The Morgan fingerprint density at radius 2 is 2.04 bits per heavy atom. The van der Waals surface area contributed by atoms with Gasteiger partial charge in [0.2, 0.25) is 0 Å². The number of morpholine rings is 1. The van der Waals surface area contributed by atoms with Crippen molar-refractivity contribution in [2.45, 2.75) is 20.0 Å². The predicted octanol–water partition coefficient (Wildman–Crippen LogP) is 3.90. The number of hydrogen-bond donors (Lipinski definition) is 1. The molecule has 1 N–H and O–H groups in total. The molecule has 7 heteroatoms. The number of carbonyl (C=O) groups excluding carboxylic acids is 1.